The van der Waals surface area contributed by atoms with Gasteiger partial charge in [-0.2, -0.15) is 10.1 Å². The standard InChI is InChI=1S/C30H23BrN2O2/c1-21-12-14-22(15-13-21)20-35-28-17-16-25(31)18-24(28)19-27-29(23-8-4-2-5-9-23)32-33(30(27)34)26-10-6-3-7-11-26/h2-19H,20H2,1H3/b27-19-. The first-order valence-electron chi connectivity index (χ1n) is 11.3. The van der Waals surface area contributed by atoms with E-state index in [4.69, 9.17) is 9.84 Å². The summed E-state index contributed by atoms with van der Waals surface area (Å²) in [6.07, 6.45) is 1.87. The fourth-order valence-corrected chi connectivity index (χ4v) is 4.24. The number of ether oxygens (including phenoxy) is 1. The average molecular weight is 523 g/mol. The maximum Gasteiger partial charge on any atom is 0.281 e. The highest BCUT2D eigenvalue weighted by Gasteiger charge is 2.32. The number of halogens is 1. The minimum absolute atomic E-state index is 0.181. The third-order valence-electron chi connectivity index (χ3n) is 5.71. The predicted molar refractivity (Wildman–Crippen MR) is 145 cm³/mol. The highest BCUT2D eigenvalue weighted by Crippen LogP contribution is 2.31. The van der Waals surface area contributed by atoms with Crippen molar-refractivity contribution in [1.29, 1.82) is 0 Å². The molecule has 1 aliphatic heterocycles. The van der Waals surface area contributed by atoms with Crippen LogP contribution >= 0.6 is 15.9 Å². The van der Waals surface area contributed by atoms with Crippen LogP contribution in [-0.4, -0.2) is 11.6 Å². The van der Waals surface area contributed by atoms with Gasteiger partial charge in [-0.15, -0.1) is 0 Å². The Morgan fingerprint density at radius 3 is 2.29 bits per heavy atom. The van der Waals surface area contributed by atoms with Gasteiger partial charge in [0, 0.05) is 15.6 Å². The number of carbonyl (C=O) groups is 1. The molecule has 0 saturated carbocycles. The Hall–Kier alpha value is -3.96. The Kier molecular flexibility index (Phi) is 6.59. The largest absolute Gasteiger partial charge is 0.488 e. The number of hydrazone groups is 1. The summed E-state index contributed by atoms with van der Waals surface area (Å²) in [5.74, 6) is 0.513. The van der Waals surface area contributed by atoms with E-state index in [0.717, 1.165) is 26.9 Å². The zero-order valence-corrected chi connectivity index (χ0v) is 20.8. The molecule has 0 atom stereocenters. The molecular formula is C30H23BrN2O2. The van der Waals surface area contributed by atoms with E-state index in [1.807, 2.05) is 84.9 Å². The van der Waals surface area contributed by atoms with Gasteiger partial charge in [0.1, 0.15) is 18.1 Å². The topological polar surface area (TPSA) is 41.9 Å². The molecule has 1 amide bonds. The highest BCUT2D eigenvalue weighted by molar-refractivity contribution is 9.10. The van der Waals surface area contributed by atoms with Gasteiger partial charge in [-0.1, -0.05) is 94.3 Å². The van der Waals surface area contributed by atoms with Crippen molar-refractivity contribution in [2.45, 2.75) is 13.5 Å². The zero-order chi connectivity index (χ0) is 24.2. The van der Waals surface area contributed by atoms with E-state index in [0.29, 0.717) is 23.6 Å². The van der Waals surface area contributed by atoms with Crippen LogP contribution in [0, 0.1) is 6.92 Å². The van der Waals surface area contributed by atoms with Crippen LogP contribution in [0.5, 0.6) is 5.75 Å². The molecule has 5 heteroatoms. The molecule has 35 heavy (non-hydrogen) atoms. The van der Waals surface area contributed by atoms with Gasteiger partial charge in [-0.05, 0) is 48.9 Å². The van der Waals surface area contributed by atoms with E-state index in [-0.39, 0.29) is 5.91 Å². The summed E-state index contributed by atoms with van der Waals surface area (Å²) in [5.41, 5.74) is 5.83. The number of aryl methyl sites for hydroxylation is 1. The molecule has 0 aliphatic carbocycles. The maximum absolute atomic E-state index is 13.6. The average Bonchev–Trinajstić information content (AvgIpc) is 3.21. The molecule has 4 aromatic carbocycles. The monoisotopic (exact) mass is 522 g/mol. The smallest absolute Gasteiger partial charge is 0.281 e. The summed E-state index contributed by atoms with van der Waals surface area (Å²) >= 11 is 3.56. The van der Waals surface area contributed by atoms with Crippen LogP contribution in [0.2, 0.25) is 0 Å². The Morgan fingerprint density at radius 1 is 0.886 bits per heavy atom. The highest BCUT2D eigenvalue weighted by atomic mass is 79.9. The van der Waals surface area contributed by atoms with E-state index >= 15 is 0 Å². The Balaban J connectivity index is 1.54. The summed E-state index contributed by atoms with van der Waals surface area (Å²) in [7, 11) is 0. The van der Waals surface area contributed by atoms with Crippen LogP contribution in [0.15, 0.2) is 118 Å². The summed E-state index contributed by atoms with van der Waals surface area (Å²) in [5, 5.41) is 6.18. The lowest BCUT2D eigenvalue weighted by atomic mass is 10.00. The fraction of sp³-hybridized carbons (Fsp3) is 0.0667. The molecule has 1 heterocycles. The first-order valence-corrected chi connectivity index (χ1v) is 12.1. The molecular weight excluding hydrogens is 500 g/mol. The third-order valence-corrected chi connectivity index (χ3v) is 6.21. The molecule has 0 spiro atoms. The number of para-hydroxylation sites is 1. The number of benzene rings is 4. The van der Waals surface area contributed by atoms with Crippen LogP contribution in [0.25, 0.3) is 6.08 Å². The first-order chi connectivity index (χ1) is 17.1. The molecule has 0 aromatic heterocycles. The van der Waals surface area contributed by atoms with Gasteiger partial charge in [-0.25, -0.2) is 0 Å². The number of carbonyl (C=O) groups excluding carboxylic acids is 1. The molecule has 0 saturated heterocycles. The van der Waals surface area contributed by atoms with Crippen molar-refractivity contribution >= 4 is 39.3 Å². The summed E-state index contributed by atoms with van der Waals surface area (Å²) in [6.45, 7) is 2.49. The van der Waals surface area contributed by atoms with Gasteiger partial charge >= 0.3 is 0 Å². The van der Waals surface area contributed by atoms with Gasteiger partial charge in [0.2, 0.25) is 0 Å². The van der Waals surface area contributed by atoms with Gasteiger partial charge in [0.15, 0.2) is 0 Å². The minimum atomic E-state index is -0.181. The fourth-order valence-electron chi connectivity index (χ4n) is 3.86. The molecule has 1 aliphatic rings. The molecule has 4 aromatic rings. The van der Waals surface area contributed by atoms with Crippen LogP contribution in [0.3, 0.4) is 0 Å². The quantitative estimate of drug-likeness (QED) is 0.252. The molecule has 5 rings (SSSR count). The molecule has 0 N–H and O–H groups in total. The van der Waals surface area contributed by atoms with E-state index in [1.54, 1.807) is 0 Å². The second-order valence-electron chi connectivity index (χ2n) is 8.28. The van der Waals surface area contributed by atoms with Crippen molar-refractivity contribution in [3.05, 3.63) is 135 Å². The lowest BCUT2D eigenvalue weighted by molar-refractivity contribution is -0.114. The van der Waals surface area contributed by atoms with Crippen LogP contribution in [0.1, 0.15) is 22.3 Å². The van der Waals surface area contributed by atoms with Crippen molar-refractivity contribution < 1.29 is 9.53 Å². The molecule has 4 nitrogen and oxygen atoms in total. The summed E-state index contributed by atoms with van der Waals surface area (Å²) in [6, 6.07) is 33.3. The zero-order valence-electron chi connectivity index (χ0n) is 19.2. The van der Waals surface area contributed by atoms with Gasteiger partial charge in [-0.3, -0.25) is 4.79 Å². The lowest BCUT2D eigenvalue weighted by Gasteiger charge is -2.12. The van der Waals surface area contributed by atoms with Crippen LogP contribution < -0.4 is 9.75 Å². The van der Waals surface area contributed by atoms with E-state index in [2.05, 4.69) is 47.1 Å². The predicted octanol–water partition coefficient (Wildman–Crippen LogP) is 7.17. The summed E-state index contributed by atoms with van der Waals surface area (Å²) in [4.78, 5) is 13.6. The van der Waals surface area contributed by atoms with E-state index in [9.17, 15) is 4.79 Å². The van der Waals surface area contributed by atoms with Crippen molar-refractivity contribution in [3.8, 4) is 5.75 Å². The van der Waals surface area contributed by atoms with Crippen LogP contribution in [0.4, 0.5) is 5.69 Å². The Bertz CT molecular complexity index is 1410. The molecule has 0 bridgehead atoms. The van der Waals surface area contributed by atoms with Gasteiger partial charge < -0.3 is 4.74 Å². The lowest BCUT2D eigenvalue weighted by Crippen LogP contribution is -2.21. The second-order valence-corrected chi connectivity index (χ2v) is 9.20. The van der Waals surface area contributed by atoms with E-state index < -0.39 is 0 Å². The van der Waals surface area contributed by atoms with Gasteiger partial charge in [0.25, 0.3) is 5.91 Å². The number of rotatable bonds is 6. The van der Waals surface area contributed by atoms with Crippen molar-refractivity contribution in [1.82, 2.24) is 0 Å². The SMILES string of the molecule is Cc1ccc(COc2ccc(Br)cc2/C=C2\C(=O)N(c3ccccc3)N=C2c2ccccc2)cc1. The summed E-state index contributed by atoms with van der Waals surface area (Å²) < 4.78 is 7.08. The van der Waals surface area contributed by atoms with E-state index in [1.165, 1.54) is 10.6 Å². The third kappa shape index (κ3) is 5.10. The number of amides is 1. The normalized spacial score (nSPS) is 14.3. The van der Waals surface area contributed by atoms with Crippen molar-refractivity contribution in [2.75, 3.05) is 5.01 Å². The molecule has 0 unspecified atom stereocenters. The number of hydrogen-bond acceptors (Lipinski definition) is 3. The van der Waals surface area contributed by atoms with Gasteiger partial charge in [0.05, 0.1) is 11.3 Å². The van der Waals surface area contributed by atoms with Crippen molar-refractivity contribution in [3.63, 3.8) is 0 Å². The Morgan fingerprint density at radius 2 is 1.57 bits per heavy atom. The molecule has 172 valence electrons. The number of hydrogen-bond donors (Lipinski definition) is 0. The van der Waals surface area contributed by atoms with Crippen LogP contribution in [-0.2, 0) is 11.4 Å². The molecule has 0 radical (unpaired) electrons. The number of nitrogens with zero attached hydrogens (tertiary/aromatic N) is 2. The van der Waals surface area contributed by atoms with Crippen molar-refractivity contribution in [2.24, 2.45) is 5.10 Å². The maximum atomic E-state index is 13.6. The number of anilines is 1. The first kappa shape index (κ1) is 22.8. The molecule has 0 fully saturated rings. The minimum Gasteiger partial charge on any atom is -0.488 e. The Labute approximate surface area is 213 Å². The second kappa shape index (κ2) is 10.1.